The van der Waals surface area contributed by atoms with Crippen LogP contribution in [0, 0.1) is 5.92 Å². The average molecular weight is 449 g/mol. The third-order valence-corrected chi connectivity index (χ3v) is 7.24. The summed E-state index contributed by atoms with van der Waals surface area (Å²) in [6.07, 6.45) is 4.05. The fourth-order valence-corrected chi connectivity index (χ4v) is 5.41. The highest BCUT2D eigenvalue weighted by atomic mass is 35.5. The zero-order chi connectivity index (χ0) is 21.4. The van der Waals surface area contributed by atoms with Crippen LogP contribution in [0.2, 0.25) is 5.02 Å². The Kier molecular flexibility index (Phi) is 5.47. The van der Waals surface area contributed by atoms with E-state index in [-0.39, 0.29) is 5.92 Å². The molecule has 0 saturated carbocycles. The third-order valence-electron chi connectivity index (χ3n) is 5.92. The van der Waals surface area contributed by atoms with Crippen molar-refractivity contribution < 1.29 is 9.90 Å². The van der Waals surface area contributed by atoms with Crippen molar-refractivity contribution in [1.29, 1.82) is 0 Å². The first kappa shape index (κ1) is 20.2. The number of carboxylic acid groups (broad SMARTS) is 1. The van der Waals surface area contributed by atoms with Gasteiger partial charge >= 0.3 is 5.97 Å². The quantitative estimate of drug-likeness (QED) is 0.402. The number of aromatic nitrogens is 2. The van der Waals surface area contributed by atoms with Crippen molar-refractivity contribution in [2.75, 3.05) is 0 Å². The molecular weight excluding hydrogens is 428 g/mol. The fourth-order valence-electron chi connectivity index (χ4n) is 4.40. The van der Waals surface area contributed by atoms with E-state index in [0.717, 1.165) is 33.3 Å². The summed E-state index contributed by atoms with van der Waals surface area (Å²) in [4.78, 5) is 17.3. The molecule has 1 unspecified atom stereocenters. The van der Waals surface area contributed by atoms with Gasteiger partial charge < -0.3 is 9.67 Å². The molecule has 6 heteroatoms. The van der Waals surface area contributed by atoms with Gasteiger partial charge in [-0.15, -0.1) is 0 Å². The molecule has 3 heterocycles. The number of carbonyl (C=O) groups is 1. The van der Waals surface area contributed by atoms with Crippen LogP contribution in [0.25, 0.3) is 10.9 Å². The van der Waals surface area contributed by atoms with E-state index in [1.807, 2.05) is 42.6 Å². The minimum absolute atomic E-state index is 0.328. The number of pyridine rings is 1. The summed E-state index contributed by atoms with van der Waals surface area (Å²) in [5.41, 5.74) is 4.83. The molecule has 156 valence electrons. The van der Waals surface area contributed by atoms with Crippen molar-refractivity contribution in [3.05, 3.63) is 88.7 Å². The number of halogens is 1. The minimum Gasteiger partial charge on any atom is -0.481 e. The molecule has 0 aliphatic carbocycles. The number of hydrogen-bond donors (Lipinski definition) is 1. The lowest BCUT2D eigenvalue weighted by Crippen LogP contribution is -2.26. The molecule has 2 aromatic heterocycles. The molecule has 0 saturated heterocycles. The van der Waals surface area contributed by atoms with E-state index < -0.39 is 5.97 Å². The van der Waals surface area contributed by atoms with E-state index in [2.05, 4.69) is 33.8 Å². The molecular formula is C25H21ClN2O2S. The lowest BCUT2D eigenvalue weighted by Gasteiger charge is -2.23. The first-order chi connectivity index (χ1) is 15.1. The number of carboxylic acids is 1. The predicted octanol–water partition coefficient (Wildman–Crippen LogP) is 6.08. The highest BCUT2D eigenvalue weighted by Gasteiger charge is 2.28. The Morgan fingerprint density at radius 3 is 2.74 bits per heavy atom. The number of aliphatic carboxylic acids is 1. The number of rotatable bonds is 5. The first-order valence-electron chi connectivity index (χ1n) is 10.3. The van der Waals surface area contributed by atoms with Crippen LogP contribution in [-0.4, -0.2) is 20.6 Å². The van der Waals surface area contributed by atoms with Crippen LogP contribution in [0.1, 0.15) is 23.2 Å². The van der Waals surface area contributed by atoms with Gasteiger partial charge in [-0.2, -0.15) is 0 Å². The van der Waals surface area contributed by atoms with E-state index in [9.17, 15) is 9.90 Å². The molecule has 1 N–H and O–H groups in total. The second-order valence-corrected chi connectivity index (χ2v) is 9.33. The van der Waals surface area contributed by atoms with Crippen molar-refractivity contribution in [1.82, 2.24) is 9.55 Å². The van der Waals surface area contributed by atoms with Crippen molar-refractivity contribution in [3.63, 3.8) is 0 Å². The SMILES string of the molecule is O=C(O)C1CCc2c(Cc3cccnc3Sc3ccc(Cl)cc3)c3ccccc3n2C1. The molecule has 5 rings (SSSR count). The molecule has 1 atom stereocenters. The van der Waals surface area contributed by atoms with Crippen molar-refractivity contribution in [2.24, 2.45) is 5.92 Å². The maximum absolute atomic E-state index is 11.6. The van der Waals surface area contributed by atoms with E-state index in [4.69, 9.17) is 11.6 Å². The highest BCUT2D eigenvalue weighted by Crippen LogP contribution is 2.36. The molecule has 0 bridgehead atoms. The van der Waals surface area contributed by atoms with Crippen LogP contribution >= 0.6 is 23.4 Å². The Bertz CT molecular complexity index is 1270. The first-order valence-corrected chi connectivity index (χ1v) is 11.5. The van der Waals surface area contributed by atoms with Gasteiger partial charge in [0.25, 0.3) is 0 Å². The van der Waals surface area contributed by atoms with Gasteiger partial charge in [-0.25, -0.2) is 4.98 Å². The minimum atomic E-state index is -0.709. The van der Waals surface area contributed by atoms with Gasteiger partial charge in [0.1, 0.15) is 5.03 Å². The zero-order valence-electron chi connectivity index (χ0n) is 16.8. The summed E-state index contributed by atoms with van der Waals surface area (Å²) in [7, 11) is 0. The number of fused-ring (bicyclic) bond motifs is 3. The topological polar surface area (TPSA) is 55.1 Å². The van der Waals surface area contributed by atoms with E-state index in [1.54, 1.807) is 11.8 Å². The summed E-state index contributed by atoms with van der Waals surface area (Å²) in [5, 5.41) is 12.4. The van der Waals surface area contributed by atoms with Crippen molar-refractivity contribution in [3.8, 4) is 0 Å². The maximum Gasteiger partial charge on any atom is 0.308 e. The smallest absolute Gasteiger partial charge is 0.308 e. The molecule has 1 aliphatic heterocycles. The molecule has 0 radical (unpaired) electrons. The predicted molar refractivity (Wildman–Crippen MR) is 124 cm³/mol. The van der Waals surface area contributed by atoms with E-state index in [0.29, 0.717) is 13.0 Å². The summed E-state index contributed by atoms with van der Waals surface area (Å²) >= 11 is 7.67. The summed E-state index contributed by atoms with van der Waals surface area (Å²) in [6, 6.07) is 20.2. The Morgan fingerprint density at radius 2 is 1.94 bits per heavy atom. The molecule has 0 spiro atoms. The number of nitrogens with zero attached hydrogens (tertiary/aromatic N) is 2. The maximum atomic E-state index is 11.6. The van der Waals surface area contributed by atoms with Crippen LogP contribution in [-0.2, 0) is 24.2 Å². The average Bonchev–Trinajstić information content (AvgIpc) is 3.10. The van der Waals surface area contributed by atoms with Crippen LogP contribution in [0.15, 0.2) is 76.8 Å². The molecule has 4 aromatic rings. The highest BCUT2D eigenvalue weighted by molar-refractivity contribution is 7.99. The normalized spacial score (nSPS) is 15.7. The molecule has 4 nitrogen and oxygen atoms in total. The Balaban J connectivity index is 1.54. The van der Waals surface area contributed by atoms with Gasteiger partial charge in [-0.3, -0.25) is 4.79 Å². The van der Waals surface area contributed by atoms with Crippen LogP contribution in [0.3, 0.4) is 0 Å². The molecule has 31 heavy (non-hydrogen) atoms. The van der Waals surface area contributed by atoms with Crippen LogP contribution in [0.4, 0.5) is 0 Å². The lowest BCUT2D eigenvalue weighted by molar-refractivity contribution is -0.142. The second-order valence-electron chi connectivity index (χ2n) is 7.83. The number of para-hydroxylation sites is 1. The lowest BCUT2D eigenvalue weighted by atomic mass is 9.94. The van der Waals surface area contributed by atoms with Gasteiger partial charge in [0.05, 0.1) is 5.92 Å². The van der Waals surface area contributed by atoms with Gasteiger partial charge in [0.15, 0.2) is 0 Å². The molecule has 2 aromatic carbocycles. The van der Waals surface area contributed by atoms with E-state index in [1.165, 1.54) is 22.2 Å². The second kappa shape index (κ2) is 8.40. The summed E-state index contributed by atoms with van der Waals surface area (Å²) in [5.74, 6) is -1.04. The Hall–Kier alpha value is -2.76. The van der Waals surface area contributed by atoms with Crippen molar-refractivity contribution >= 4 is 40.2 Å². The number of benzene rings is 2. The summed E-state index contributed by atoms with van der Waals surface area (Å²) < 4.78 is 2.22. The van der Waals surface area contributed by atoms with E-state index >= 15 is 0 Å². The molecule has 0 fully saturated rings. The molecule has 0 amide bonds. The standard InChI is InChI=1S/C25H21ClN2O2S/c26-18-8-10-19(11-9-18)31-24-16(4-3-13-27-24)14-21-20-5-1-2-6-22(20)28-15-17(25(29)30)7-12-23(21)28/h1-6,8-11,13,17H,7,12,14-15H2,(H,29,30). The van der Waals surface area contributed by atoms with Crippen molar-refractivity contribution in [2.45, 2.75) is 35.7 Å². The molecule has 1 aliphatic rings. The largest absolute Gasteiger partial charge is 0.481 e. The third kappa shape index (κ3) is 3.95. The monoisotopic (exact) mass is 448 g/mol. The zero-order valence-corrected chi connectivity index (χ0v) is 18.4. The Labute approximate surface area is 189 Å². The van der Waals surface area contributed by atoms with Gasteiger partial charge in [0, 0.05) is 45.7 Å². The van der Waals surface area contributed by atoms with Crippen LogP contribution in [0.5, 0.6) is 0 Å². The van der Waals surface area contributed by atoms with Crippen LogP contribution < -0.4 is 0 Å². The van der Waals surface area contributed by atoms with Gasteiger partial charge in [0.2, 0.25) is 0 Å². The Morgan fingerprint density at radius 1 is 1.13 bits per heavy atom. The van der Waals surface area contributed by atoms with Gasteiger partial charge in [-0.05, 0) is 60.4 Å². The number of hydrogen-bond acceptors (Lipinski definition) is 3. The fraction of sp³-hybridized carbons (Fsp3) is 0.200. The summed E-state index contributed by atoms with van der Waals surface area (Å²) in [6.45, 7) is 0.532. The van der Waals surface area contributed by atoms with Gasteiger partial charge in [-0.1, -0.05) is 47.6 Å².